The summed E-state index contributed by atoms with van der Waals surface area (Å²) < 4.78 is 14.3. The lowest BCUT2D eigenvalue weighted by Crippen LogP contribution is -2.11. The summed E-state index contributed by atoms with van der Waals surface area (Å²) in [6.45, 7) is 2.16. The molecule has 0 saturated carbocycles. The molecule has 1 aliphatic carbocycles. The van der Waals surface area contributed by atoms with E-state index in [-0.39, 0.29) is 11.3 Å². The summed E-state index contributed by atoms with van der Waals surface area (Å²) in [7, 11) is 0. The molecule has 0 N–H and O–H groups in total. The fourth-order valence-corrected chi connectivity index (χ4v) is 2.38. The summed E-state index contributed by atoms with van der Waals surface area (Å²) in [5.74, 6) is 0.00679. The number of halogens is 2. The Morgan fingerprint density at radius 3 is 2.88 bits per heavy atom. The van der Waals surface area contributed by atoms with Gasteiger partial charge in [0.25, 0.3) is 0 Å². The van der Waals surface area contributed by atoms with E-state index in [1.165, 1.54) is 6.07 Å². The predicted octanol–water partition coefficient (Wildman–Crippen LogP) is 4.52. The van der Waals surface area contributed by atoms with Gasteiger partial charge >= 0.3 is 0 Å². The Balaban J connectivity index is 2.28. The number of hydrogen-bond acceptors (Lipinski definition) is 1. The summed E-state index contributed by atoms with van der Waals surface area (Å²) in [6, 6.07) is 4.48. The lowest BCUT2D eigenvalue weighted by atomic mass is 9.87. The lowest BCUT2D eigenvalue weighted by Gasteiger charge is -2.17. The quantitative estimate of drug-likeness (QED) is 0.734. The van der Waals surface area contributed by atoms with Crippen molar-refractivity contribution in [3.8, 4) is 0 Å². The molecule has 0 aliphatic heterocycles. The van der Waals surface area contributed by atoms with Gasteiger partial charge in [0.05, 0.1) is 5.56 Å². The van der Waals surface area contributed by atoms with E-state index in [9.17, 15) is 9.18 Å². The van der Waals surface area contributed by atoms with Gasteiger partial charge in [0.1, 0.15) is 5.82 Å². The molecule has 2 rings (SSSR count). The molecule has 0 spiro atoms. The normalized spacial score (nSPS) is 19.9. The largest absolute Gasteiger partial charge is 0.289 e. The first-order valence-electron chi connectivity index (χ1n) is 5.76. The number of carbonyl (C=O) groups is 1. The van der Waals surface area contributed by atoms with Crippen molar-refractivity contribution in [3.63, 3.8) is 0 Å². The first-order valence-corrected chi connectivity index (χ1v) is 6.56. The van der Waals surface area contributed by atoms with Crippen molar-refractivity contribution in [1.29, 1.82) is 0 Å². The van der Waals surface area contributed by atoms with Crippen LogP contribution in [0, 0.1) is 11.7 Å². The lowest BCUT2D eigenvalue weighted by molar-refractivity contribution is 0.102. The van der Waals surface area contributed by atoms with E-state index in [4.69, 9.17) is 0 Å². The topological polar surface area (TPSA) is 17.1 Å². The predicted molar refractivity (Wildman–Crippen MR) is 69.5 cm³/mol. The molecule has 0 saturated heterocycles. The molecule has 0 heterocycles. The van der Waals surface area contributed by atoms with Gasteiger partial charge in [0.2, 0.25) is 0 Å². The van der Waals surface area contributed by atoms with Crippen LogP contribution in [0.2, 0.25) is 0 Å². The van der Waals surface area contributed by atoms with Gasteiger partial charge in [-0.25, -0.2) is 4.39 Å². The highest BCUT2D eigenvalue weighted by Crippen LogP contribution is 2.27. The van der Waals surface area contributed by atoms with Crippen molar-refractivity contribution in [2.24, 2.45) is 5.92 Å². The van der Waals surface area contributed by atoms with Gasteiger partial charge in [0.15, 0.2) is 5.78 Å². The van der Waals surface area contributed by atoms with Gasteiger partial charge in [-0.1, -0.05) is 28.9 Å². The second kappa shape index (κ2) is 5.13. The highest BCUT2D eigenvalue weighted by molar-refractivity contribution is 9.10. The Kier molecular flexibility index (Phi) is 3.77. The summed E-state index contributed by atoms with van der Waals surface area (Å²) in [5, 5.41) is 0. The monoisotopic (exact) mass is 296 g/mol. The smallest absolute Gasteiger partial charge is 0.191 e. The van der Waals surface area contributed by atoms with Gasteiger partial charge in [-0.3, -0.25) is 4.79 Å². The molecule has 0 fully saturated rings. The maximum absolute atomic E-state index is 13.6. The van der Waals surface area contributed by atoms with Crippen LogP contribution in [0.4, 0.5) is 4.39 Å². The van der Waals surface area contributed by atoms with E-state index in [0.29, 0.717) is 5.92 Å². The number of rotatable bonds is 2. The summed E-state index contributed by atoms with van der Waals surface area (Å²) in [4.78, 5) is 12.2. The van der Waals surface area contributed by atoms with Crippen molar-refractivity contribution in [1.82, 2.24) is 0 Å². The van der Waals surface area contributed by atoms with Gasteiger partial charge in [-0.05, 0) is 49.0 Å². The van der Waals surface area contributed by atoms with Crippen molar-refractivity contribution < 1.29 is 9.18 Å². The first kappa shape index (κ1) is 12.5. The molecular formula is C14H14BrFO. The average Bonchev–Trinajstić information content (AvgIpc) is 2.32. The van der Waals surface area contributed by atoms with E-state index < -0.39 is 5.82 Å². The van der Waals surface area contributed by atoms with E-state index >= 15 is 0 Å². The van der Waals surface area contributed by atoms with Crippen molar-refractivity contribution in [2.45, 2.75) is 26.2 Å². The van der Waals surface area contributed by atoms with E-state index in [2.05, 4.69) is 22.9 Å². The number of benzene rings is 1. The number of hydrogen-bond donors (Lipinski definition) is 0. The van der Waals surface area contributed by atoms with Crippen LogP contribution < -0.4 is 0 Å². The Morgan fingerprint density at radius 2 is 2.24 bits per heavy atom. The summed E-state index contributed by atoms with van der Waals surface area (Å²) >= 11 is 3.26. The highest BCUT2D eigenvalue weighted by atomic mass is 79.9. The maximum Gasteiger partial charge on any atom is 0.191 e. The van der Waals surface area contributed by atoms with E-state index in [1.54, 1.807) is 12.1 Å². The minimum atomic E-state index is -0.447. The molecule has 1 unspecified atom stereocenters. The van der Waals surface area contributed by atoms with Crippen LogP contribution in [0.15, 0.2) is 34.3 Å². The van der Waals surface area contributed by atoms with Gasteiger partial charge in [0, 0.05) is 4.47 Å². The third kappa shape index (κ3) is 2.83. The molecule has 1 nitrogen and oxygen atoms in total. The van der Waals surface area contributed by atoms with Crippen molar-refractivity contribution in [3.05, 3.63) is 45.7 Å². The molecular weight excluding hydrogens is 283 g/mol. The first-order chi connectivity index (χ1) is 8.08. The zero-order valence-electron chi connectivity index (χ0n) is 9.67. The van der Waals surface area contributed by atoms with Crippen molar-refractivity contribution >= 4 is 21.7 Å². The molecule has 0 radical (unpaired) electrons. The van der Waals surface area contributed by atoms with Gasteiger partial charge in [-0.2, -0.15) is 0 Å². The number of carbonyl (C=O) groups excluding carboxylic acids is 1. The Morgan fingerprint density at radius 1 is 1.47 bits per heavy atom. The zero-order valence-corrected chi connectivity index (χ0v) is 11.3. The average molecular weight is 297 g/mol. The van der Waals surface area contributed by atoms with Crippen LogP contribution in [-0.2, 0) is 0 Å². The Labute approximate surface area is 109 Å². The SMILES string of the molecule is CC1CC=C(C(=O)c2cc(Br)ccc2F)CC1. The molecule has 0 aromatic heterocycles. The standard InChI is InChI=1S/C14H14BrFO/c1-9-2-4-10(5-3-9)14(17)12-8-11(15)6-7-13(12)16/h4,6-9H,2-3,5H2,1H3. The van der Waals surface area contributed by atoms with E-state index in [1.807, 2.05) is 6.08 Å². The molecule has 1 aliphatic rings. The molecule has 17 heavy (non-hydrogen) atoms. The highest BCUT2D eigenvalue weighted by Gasteiger charge is 2.20. The third-order valence-electron chi connectivity index (χ3n) is 3.14. The fraction of sp³-hybridized carbons (Fsp3) is 0.357. The molecule has 0 bridgehead atoms. The Hall–Kier alpha value is -0.960. The van der Waals surface area contributed by atoms with Crippen molar-refractivity contribution in [2.75, 3.05) is 0 Å². The third-order valence-corrected chi connectivity index (χ3v) is 3.63. The van der Waals surface area contributed by atoms with Gasteiger partial charge < -0.3 is 0 Å². The summed E-state index contributed by atoms with van der Waals surface area (Å²) in [6.07, 6.45) is 4.63. The molecule has 1 aromatic rings. The minimum absolute atomic E-state index is 0.167. The van der Waals surface area contributed by atoms with Crippen LogP contribution in [-0.4, -0.2) is 5.78 Å². The van der Waals surface area contributed by atoms with Crippen LogP contribution in [0.3, 0.4) is 0 Å². The zero-order chi connectivity index (χ0) is 12.4. The van der Waals surface area contributed by atoms with Crippen LogP contribution in [0.25, 0.3) is 0 Å². The summed E-state index contributed by atoms with van der Waals surface area (Å²) in [5.41, 5.74) is 0.917. The number of ketones is 1. The Bertz CT molecular complexity index is 479. The minimum Gasteiger partial charge on any atom is -0.289 e. The molecule has 1 aromatic carbocycles. The molecule has 3 heteroatoms. The van der Waals surface area contributed by atoms with Gasteiger partial charge in [-0.15, -0.1) is 0 Å². The number of Topliss-reactive ketones (excluding diaryl/α,β-unsaturated/α-hetero) is 1. The molecule has 1 atom stereocenters. The number of allylic oxidation sites excluding steroid dienone is 2. The second-order valence-electron chi connectivity index (χ2n) is 4.56. The maximum atomic E-state index is 13.6. The second-order valence-corrected chi connectivity index (χ2v) is 5.48. The van der Waals surface area contributed by atoms with Crippen LogP contribution in [0.5, 0.6) is 0 Å². The van der Waals surface area contributed by atoms with Crippen LogP contribution >= 0.6 is 15.9 Å². The molecule has 0 amide bonds. The molecule has 90 valence electrons. The van der Waals surface area contributed by atoms with Crippen LogP contribution in [0.1, 0.15) is 36.5 Å². The van der Waals surface area contributed by atoms with E-state index in [0.717, 1.165) is 29.3 Å². The fourth-order valence-electron chi connectivity index (χ4n) is 2.02.